The van der Waals surface area contributed by atoms with E-state index in [-0.39, 0.29) is 17.9 Å². The lowest BCUT2D eigenvalue weighted by atomic mass is 9.83. The molecule has 1 atom stereocenters. The Bertz CT molecular complexity index is 362. The summed E-state index contributed by atoms with van der Waals surface area (Å²) in [6, 6.07) is -0.264. The molecule has 0 spiro atoms. The van der Waals surface area contributed by atoms with Gasteiger partial charge in [-0.1, -0.05) is 33.1 Å². The van der Waals surface area contributed by atoms with Crippen molar-refractivity contribution in [2.24, 2.45) is 11.8 Å². The van der Waals surface area contributed by atoms with Gasteiger partial charge in [0.2, 0.25) is 11.8 Å². The molecule has 0 radical (unpaired) electrons. The number of hydrogen-bond acceptors (Lipinski definition) is 2. The van der Waals surface area contributed by atoms with Gasteiger partial charge in [-0.15, -0.1) is 0 Å². The summed E-state index contributed by atoms with van der Waals surface area (Å²) in [4.78, 5) is 26.6. The van der Waals surface area contributed by atoms with Crippen molar-refractivity contribution in [3.05, 3.63) is 0 Å². The molecule has 120 valence electrons. The van der Waals surface area contributed by atoms with Crippen LogP contribution in [-0.2, 0) is 9.59 Å². The van der Waals surface area contributed by atoms with E-state index in [1.807, 2.05) is 4.90 Å². The predicted octanol–water partition coefficient (Wildman–Crippen LogP) is 2.72. The Morgan fingerprint density at radius 1 is 1.19 bits per heavy atom. The van der Waals surface area contributed by atoms with Gasteiger partial charge in [0.05, 0.1) is 0 Å². The first-order valence-corrected chi connectivity index (χ1v) is 8.66. The van der Waals surface area contributed by atoms with Crippen molar-refractivity contribution >= 4 is 11.8 Å². The zero-order valence-corrected chi connectivity index (χ0v) is 13.6. The molecule has 4 heteroatoms. The molecule has 0 aromatic heterocycles. The van der Waals surface area contributed by atoms with Crippen LogP contribution in [0, 0.1) is 11.8 Å². The third kappa shape index (κ3) is 4.72. The highest BCUT2D eigenvalue weighted by Gasteiger charge is 2.35. The second-order valence-electron chi connectivity index (χ2n) is 7.05. The number of hydrogen-bond donors (Lipinski definition) is 1. The summed E-state index contributed by atoms with van der Waals surface area (Å²) in [7, 11) is 0. The molecule has 1 aliphatic carbocycles. The zero-order chi connectivity index (χ0) is 15.2. The van der Waals surface area contributed by atoms with Crippen molar-refractivity contribution in [1.29, 1.82) is 0 Å². The van der Waals surface area contributed by atoms with Gasteiger partial charge >= 0.3 is 0 Å². The lowest BCUT2D eigenvalue weighted by Gasteiger charge is -2.31. The van der Waals surface area contributed by atoms with Gasteiger partial charge in [0, 0.05) is 19.5 Å². The predicted molar refractivity (Wildman–Crippen MR) is 83.8 cm³/mol. The number of nitrogens with one attached hydrogen (secondary N) is 1. The standard InChI is InChI=1S/C17H30N2O2/c1-13(2)7-6-11-19-12-10-15(20)18-16(17(19)21)14-8-4-3-5-9-14/h13-14,16H,3-12H2,1-2H3,(H,18,20). The highest BCUT2D eigenvalue weighted by atomic mass is 16.2. The van der Waals surface area contributed by atoms with Crippen LogP contribution in [0.3, 0.4) is 0 Å². The van der Waals surface area contributed by atoms with Crippen molar-refractivity contribution < 1.29 is 9.59 Å². The van der Waals surface area contributed by atoms with E-state index in [9.17, 15) is 9.59 Å². The van der Waals surface area contributed by atoms with Crippen LogP contribution in [0.2, 0.25) is 0 Å². The molecule has 2 rings (SSSR count). The molecule has 0 aromatic rings. The largest absolute Gasteiger partial charge is 0.344 e. The number of carbonyl (C=O) groups is 2. The van der Waals surface area contributed by atoms with Crippen LogP contribution < -0.4 is 5.32 Å². The fourth-order valence-corrected chi connectivity index (χ4v) is 3.55. The van der Waals surface area contributed by atoms with Gasteiger partial charge in [-0.25, -0.2) is 0 Å². The molecule has 1 heterocycles. The number of nitrogens with zero attached hydrogens (tertiary/aromatic N) is 1. The molecule has 0 bridgehead atoms. The lowest BCUT2D eigenvalue weighted by Crippen LogP contribution is -2.49. The minimum Gasteiger partial charge on any atom is -0.344 e. The molecular formula is C17H30N2O2. The van der Waals surface area contributed by atoms with Crippen LogP contribution in [0.1, 0.15) is 65.2 Å². The van der Waals surface area contributed by atoms with Gasteiger partial charge in [0.1, 0.15) is 6.04 Å². The summed E-state index contributed by atoms with van der Waals surface area (Å²) in [5.74, 6) is 1.23. The Morgan fingerprint density at radius 2 is 1.90 bits per heavy atom. The van der Waals surface area contributed by atoms with E-state index in [1.165, 1.54) is 19.3 Å². The molecule has 2 amide bonds. The third-order valence-electron chi connectivity index (χ3n) is 4.83. The summed E-state index contributed by atoms with van der Waals surface area (Å²) in [6.45, 7) is 5.81. The Hall–Kier alpha value is -1.06. The molecular weight excluding hydrogens is 264 g/mol. The highest BCUT2D eigenvalue weighted by molar-refractivity contribution is 5.90. The first kappa shape index (κ1) is 16.3. The SMILES string of the molecule is CC(C)CCCN1CCC(=O)NC(C2CCCCC2)C1=O. The van der Waals surface area contributed by atoms with Crippen LogP contribution in [0.25, 0.3) is 0 Å². The first-order chi connectivity index (χ1) is 10.1. The van der Waals surface area contributed by atoms with Gasteiger partial charge in [-0.2, -0.15) is 0 Å². The fourth-order valence-electron chi connectivity index (χ4n) is 3.55. The monoisotopic (exact) mass is 294 g/mol. The summed E-state index contributed by atoms with van der Waals surface area (Å²) in [5.41, 5.74) is 0. The summed E-state index contributed by atoms with van der Waals surface area (Å²) in [5, 5.41) is 3.00. The van der Waals surface area contributed by atoms with Crippen molar-refractivity contribution in [3.8, 4) is 0 Å². The van der Waals surface area contributed by atoms with Crippen LogP contribution in [0.4, 0.5) is 0 Å². The molecule has 1 saturated carbocycles. The van der Waals surface area contributed by atoms with Gasteiger partial charge in [0.25, 0.3) is 0 Å². The maximum Gasteiger partial charge on any atom is 0.245 e. The summed E-state index contributed by atoms with van der Waals surface area (Å²) in [6.07, 6.45) is 8.44. The van der Waals surface area contributed by atoms with Crippen LogP contribution >= 0.6 is 0 Å². The average Bonchev–Trinajstić information content (AvgIpc) is 2.61. The second-order valence-corrected chi connectivity index (χ2v) is 7.05. The fraction of sp³-hybridized carbons (Fsp3) is 0.882. The Morgan fingerprint density at radius 3 is 2.57 bits per heavy atom. The average molecular weight is 294 g/mol. The topological polar surface area (TPSA) is 49.4 Å². The van der Waals surface area contributed by atoms with Crippen LogP contribution in [-0.4, -0.2) is 35.8 Å². The Kier molecular flexibility index (Phi) is 6.07. The van der Waals surface area contributed by atoms with Gasteiger partial charge < -0.3 is 10.2 Å². The Labute approximate surface area is 128 Å². The van der Waals surface area contributed by atoms with Gasteiger partial charge in [0.15, 0.2) is 0 Å². The molecule has 4 nitrogen and oxygen atoms in total. The first-order valence-electron chi connectivity index (χ1n) is 8.66. The molecule has 2 aliphatic rings. The molecule has 1 unspecified atom stereocenters. The molecule has 2 fully saturated rings. The number of rotatable bonds is 5. The molecule has 0 aromatic carbocycles. The van der Waals surface area contributed by atoms with Crippen LogP contribution in [0.5, 0.6) is 0 Å². The number of amides is 2. The van der Waals surface area contributed by atoms with E-state index < -0.39 is 0 Å². The van der Waals surface area contributed by atoms with Gasteiger partial charge in [-0.05, 0) is 37.5 Å². The van der Waals surface area contributed by atoms with E-state index in [0.29, 0.717) is 24.8 Å². The van der Waals surface area contributed by atoms with Crippen LogP contribution in [0.15, 0.2) is 0 Å². The van der Waals surface area contributed by atoms with E-state index in [1.54, 1.807) is 0 Å². The van der Waals surface area contributed by atoms with E-state index in [0.717, 1.165) is 32.2 Å². The zero-order valence-electron chi connectivity index (χ0n) is 13.6. The third-order valence-corrected chi connectivity index (χ3v) is 4.83. The Balaban J connectivity index is 1.97. The minimum atomic E-state index is -0.264. The quantitative estimate of drug-likeness (QED) is 0.847. The summed E-state index contributed by atoms with van der Waals surface area (Å²) >= 11 is 0. The number of carbonyl (C=O) groups excluding carboxylic acids is 2. The second kappa shape index (κ2) is 7.81. The maximum absolute atomic E-state index is 12.8. The lowest BCUT2D eigenvalue weighted by molar-refractivity contribution is -0.135. The van der Waals surface area contributed by atoms with E-state index in [2.05, 4.69) is 19.2 Å². The van der Waals surface area contributed by atoms with Crippen molar-refractivity contribution in [2.45, 2.75) is 71.3 Å². The van der Waals surface area contributed by atoms with E-state index in [4.69, 9.17) is 0 Å². The minimum absolute atomic E-state index is 0.0466. The highest BCUT2D eigenvalue weighted by Crippen LogP contribution is 2.28. The molecule has 21 heavy (non-hydrogen) atoms. The van der Waals surface area contributed by atoms with Crippen molar-refractivity contribution in [3.63, 3.8) is 0 Å². The molecule has 1 aliphatic heterocycles. The van der Waals surface area contributed by atoms with Crippen molar-refractivity contribution in [1.82, 2.24) is 10.2 Å². The normalized spacial score (nSPS) is 25.1. The van der Waals surface area contributed by atoms with Crippen molar-refractivity contribution in [2.75, 3.05) is 13.1 Å². The maximum atomic E-state index is 12.8. The smallest absolute Gasteiger partial charge is 0.245 e. The summed E-state index contributed by atoms with van der Waals surface area (Å²) < 4.78 is 0. The molecule has 1 saturated heterocycles. The van der Waals surface area contributed by atoms with Gasteiger partial charge in [-0.3, -0.25) is 9.59 Å². The van der Waals surface area contributed by atoms with E-state index >= 15 is 0 Å². The molecule has 1 N–H and O–H groups in total.